The number of amides is 1. The van der Waals surface area contributed by atoms with Gasteiger partial charge in [-0.25, -0.2) is 0 Å². The Morgan fingerprint density at radius 3 is 2.26 bits per heavy atom. The summed E-state index contributed by atoms with van der Waals surface area (Å²) in [5.41, 5.74) is 3.29. The van der Waals surface area contributed by atoms with E-state index in [2.05, 4.69) is 17.4 Å². The van der Waals surface area contributed by atoms with Crippen LogP contribution in [-0.4, -0.2) is 11.7 Å². The number of hydrogen-bond acceptors (Lipinski definition) is 2. The van der Waals surface area contributed by atoms with E-state index in [0.717, 1.165) is 36.9 Å². The molecule has 1 amide bonds. The summed E-state index contributed by atoms with van der Waals surface area (Å²) in [6, 6.07) is 6.22. The number of unbranched alkanes of at least 4 members (excludes halogenated alkanes) is 2. The molecule has 0 spiro atoms. The van der Waals surface area contributed by atoms with Crippen molar-refractivity contribution in [2.75, 3.05) is 5.32 Å². The molecule has 0 aliphatic heterocycles. The van der Waals surface area contributed by atoms with Gasteiger partial charge in [-0.2, -0.15) is 0 Å². The van der Waals surface area contributed by atoms with E-state index in [1.807, 2.05) is 40.7 Å². The number of carbonyl (C=O) groups excluding carboxylic acids is 2. The molecule has 0 fully saturated rings. The van der Waals surface area contributed by atoms with Crippen molar-refractivity contribution in [1.82, 2.24) is 0 Å². The second-order valence-electron chi connectivity index (χ2n) is 6.11. The zero-order chi connectivity index (χ0) is 17.8. The van der Waals surface area contributed by atoms with Crippen molar-refractivity contribution in [2.45, 2.75) is 73.6 Å². The maximum Gasteiger partial charge on any atom is 0.226 e. The van der Waals surface area contributed by atoms with Gasteiger partial charge in [0.15, 0.2) is 0 Å². The third kappa shape index (κ3) is 9.88. The molecule has 0 heterocycles. The first-order valence-corrected chi connectivity index (χ1v) is 8.79. The van der Waals surface area contributed by atoms with Gasteiger partial charge in [-0.15, -0.1) is 0 Å². The van der Waals surface area contributed by atoms with Crippen LogP contribution in [0.4, 0.5) is 5.69 Å². The average Bonchev–Trinajstić information content (AvgIpc) is 2.48. The molecule has 0 aliphatic carbocycles. The Balaban J connectivity index is 0.00000232. The van der Waals surface area contributed by atoms with E-state index in [4.69, 9.17) is 0 Å². The first-order valence-electron chi connectivity index (χ1n) is 8.79. The fourth-order valence-corrected chi connectivity index (χ4v) is 2.25. The molecule has 0 saturated carbocycles. The molecule has 0 saturated heterocycles. The van der Waals surface area contributed by atoms with Crippen molar-refractivity contribution < 1.29 is 9.59 Å². The summed E-state index contributed by atoms with van der Waals surface area (Å²) in [5.74, 6) is 0.304. The monoisotopic (exact) mass is 319 g/mol. The number of rotatable bonds is 8. The number of carbonyl (C=O) groups is 2. The van der Waals surface area contributed by atoms with E-state index < -0.39 is 0 Å². The van der Waals surface area contributed by atoms with Crippen LogP contribution in [0.3, 0.4) is 0 Å². The fraction of sp³-hybridized carbons (Fsp3) is 0.600. The molecule has 3 nitrogen and oxygen atoms in total. The summed E-state index contributed by atoms with van der Waals surface area (Å²) in [6.07, 6.45) is 4.79. The maximum absolute atomic E-state index is 11.8. The van der Waals surface area contributed by atoms with Crippen LogP contribution in [0.5, 0.6) is 0 Å². The maximum atomic E-state index is 11.8. The molecule has 23 heavy (non-hydrogen) atoms. The summed E-state index contributed by atoms with van der Waals surface area (Å²) in [7, 11) is 0. The zero-order valence-corrected chi connectivity index (χ0v) is 15.7. The van der Waals surface area contributed by atoms with Crippen LogP contribution in [0.1, 0.15) is 71.4 Å². The van der Waals surface area contributed by atoms with Crippen LogP contribution >= 0.6 is 0 Å². The van der Waals surface area contributed by atoms with Crippen LogP contribution in [0.15, 0.2) is 18.2 Å². The minimum Gasteiger partial charge on any atom is -0.326 e. The molecule has 0 atom stereocenters. The van der Waals surface area contributed by atoms with Gasteiger partial charge < -0.3 is 10.1 Å². The molecular weight excluding hydrogens is 286 g/mol. The number of anilines is 1. The predicted molar refractivity (Wildman–Crippen MR) is 98.8 cm³/mol. The van der Waals surface area contributed by atoms with E-state index in [0.29, 0.717) is 6.42 Å². The Morgan fingerprint density at radius 2 is 1.70 bits per heavy atom. The second-order valence-corrected chi connectivity index (χ2v) is 6.11. The third-order valence-corrected chi connectivity index (χ3v) is 3.42. The molecule has 0 aliphatic rings. The predicted octanol–water partition coefficient (Wildman–Crippen LogP) is 5.31. The summed E-state index contributed by atoms with van der Waals surface area (Å²) in [5, 5.41) is 2.96. The SMILES string of the molecule is CC.CC(=O)CCCCCc1cc(C)cc(NC(=O)C(C)C)c1. The highest BCUT2D eigenvalue weighted by atomic mass is 16.1. The molecule has 0 radical (unpaired) electrons. The van der Waals surface area contributed by atoms with Crippen molar-refractivity contribution in [3.63, 3.8) is 0 Å². The van der Waals surface area contributed by atoms with Gasteiger partial charge in [-0.05, 0) is 56.4 Å². The number of hydrogen-bond donors (Lipinski definition) is 1. The number of nitrogens with one attached hydrogen (secondary N) is 1. The van der Waals surface area contributed by atoms with E-state index in [1.165, 1.54) is 5.56 Å². The Bertz CT molecular complexity index is 492. The first kappa shape index (κ1) is 21.4. The molecule has 0 bridgehead atoms. The molecule has 1 rings (SSSR count). The third-order valence-electron chi connectivity index (χ3n) is 3.42. The zero-order valence-electron chi connectivity index (χ0n) is 15.7. The minimum atomic E-state index is -0.0134. The number of Topliss-reactive ketones (excluding diaryl/α,β-unsaturated/α-hetero) is 1. The smallest absolute Gasteiger partial charge is 0.226 e. The van der Waals surface area contributed by atoms with Crippen LogP contribution in [0.2, 0.25) is 0 Å². The number of ketones is 1. The van der Waals surface area contributed by atoms with E-state index in [9.17, 15) is 9.59 Å². The number of benzene rings is 1. The molecule has 1 N–H and O–H groups in total. The summed E-state index contributed by atoms with van der Waals surface area (Å²) in [6.45, 7) is 11.5. The largest absolute Gasteiger partial charge is 0.326 e. The lowest BCUT2D eigenvalue weighted by Crippen LogP contribution is -2.17. The highest BCUT2D eigenvalue weighted by Gasteiger charge is 2.08. The second kappa shape index (κ2) is 11.9. The normalized spacial score (nSPS) is 10.0. The molecule has 130 valence electrons. The van der Waals surface area contributed by atoms with Gasteiger partial charge in [0.2, 0.25) is 5.91 Å². The molecule has 3 heteroatoms. The molecule has 0 unspecified atom stereocenters. The quantitative estimate of drug-likeness (QED) is 0.660. The lowest BCUT2D eigenvalue weighted by molar-refractivity contribution is -0.119. The molecule has 1 aromatic carbocycles. The summed E-state index contributed by atoms with van der Waals surface area (Å²) < 4.78 is 0. The lowest BCUT2D eigenvalue weighted by atomic mass is 10.0. The van der Waals surface area contributed by atoms with E-state index in [-0.39, 0.29) is 17.6 Å². The number of aryl methyl sites for hydroxylation is 2. The van der Waals surface area contributed by atoms with Gasteiger partial charge in [0.1, 0.15) is 5.78 Å². The first-order chi connectivity index (χ1) is 10.9. The van der Waals surface area contributed by atoms with Gasteiger partial charge in [0.25, 0.3) is 0 Å². The summed E-state index contributed by atoms with van der Waals surface area (Å²) >= 11 is 0. The van der Waals surface area contributed by atoms with Crippen LogP contribution in [-0.2, 0) is 16.0 Å². The van der Waals surface area contributed by atoms with Crippen molar-refractivity contribution in [3.05, 3.63) is 29.3 Å². The van der Waals surface area contributed by atoms with Gasteiger partial charge in [0.05, 0.1) is 0 Å². The van der Waals surface area contributed by atoms with Gasteiger partial charge in [0, 0.05) is 18.0 Å². The highest BCUT2D eigenvalue weighted by molar-refractivity contribution is 5.92. The van der Waals surface area contributed by atoms with Crippen LogP contribution in [0, 0.1) is 12.8 Å². The van der Waals surface area contributed by atoms with Crippen LogP contribution in [0.25, 0.3) is 0 Å². The summed E-state index contributed by atoms with van der Waals surface area (Å²) in [4.78, 5) is 22.6. The van der Waals surface area contributed by atoms with Gasteiger partial charge >= 0.3 is 0 Å². The standard InChI is InChI=1S/C18H27NO2.C2H6/c1-13(2)18(21)19-17-11-14(3)10-16(12-17)9-7-5-6-8-15(4)20;1-2/h10-13H,5-9H2,1-4H3,(H,19,21);1-2H3. The molecule has 0 aromatic heterocycles. The van der Waals surface area contributed by atoms with E-state index in [1.54, 1.807) is 6.92 Å². The van der Waals surface area contributed by atoms with Crippen molar-refractivity contribution >= 4 is 17.4 Å². The Hall–Kier alpha value is -1.64. The molecular formula is C20H33NO2. The topological polar surface area (TPSA) is 46.2 Å². The van der Waals surface area contributed by atoms with Crippen LogP contribution < -0.4 is 5.32 Å². The lowest BCUT2D eigenvalue weighted by Gasteiger charge is -2.11. The van der Waals surface area contributed by atoms with Gasteiger partial charge in [-0.3, -0.25) is 4.79 Å². The van der Waals surface area contributed by atoms with E-state index >= 15 is 0 Å². The minimum absolute atomic E-state index is 0.0134. The fourth-order valence-electron chi connectivity index (χ4n) is 2.25. The van der Waals surface area contributed by atoms with Crippen molar-refractivity contribution in [1.29, 1.82) is 0 Å². The molecule has 1 aromatic rings. The highest BCUT2D eigenvalue weighted by Crippen LogP contribution is 2.18. The Kier molecular flexibility index (Phi) is 11.0. The Morgan fingerprint density at radius 1 is 1.04 bits per heavy atom. The average molecular weight is 319 g/mol. The van der Waals surface area contributed by atoms with Crippen molar-refractivity contribution in [2.24, 2.45) is 5.92 Å². The van der Waals surface area contributed by atoms with Gasteiger partial charge in [-0.1, -0.05) is 40.2 Å². The Labute approximate surface area is 141 Å². The van der Waals surface area contributed by atoms with Crippen molar-refractivity contribution in [3.8, 4) is 0 Å².